The first-order valence-electron chi connectivity index (χ1n) is 10.2. The molecular formula is C25H27BrClNO2. The Kier molecular flexibility index (Phi) is 6.37. The molecule has 0 amide bonds. The highest BCUT2D eigenvalue weighted by Gasteiger charge is 2.63. The molecule has 0 bridgehead atoms. The monoisotopic (exact) mass is 487 g/mol. The van der Waals surface area contributed by atoms with Crippen LogP contribution in [0.2, 0.25) is 5.02 Å². The van der Waals surface area contributed by atoms with E-state index in [1.54, 1.807) is 18.2 Å². The van der Waals surface area contributed by atoms with E-state index in [0.717, 1.165) is 22.0 Å². The number of nitrogens with zero attached hydrogens (tertiary/aromatic N) is 1. The van der Waals surface area contributed by atoms with Crippen LogP contribution in [0.1, 0.15) is 62.5 Å². The maximum absolute atomic E-state index is 13.2. The van der Waals surface area contributed by atoms with Crippen molar-refractivity contribution < 1.29 is 9.53 Å². The molecule has 5 heteroatoms. The molecule has 3 nitrogen and oxygen atoms in total. The van der Waals surface area contributed by atoms with Gasteiger partial charge in [0.15, 0.2) is 5.78 Å². The summed E-state index contributed by atoms with van der Waals surface area (Å²) in [5.41, 5.74) is 1.96. The fourth-order valence-corrected chi connectivity index (χ4v) is 5.86. The van der Waals surface area contributed by atoms with E-state index < -0.39 is 0 Å². The predicted molar refractivity (Wildman–Crippen MR) is 124 cm³/mol. The van der Waals surface area contributed by atoms with Crippen LogP contribution in [0.4, 0.5) is 0 Å². The molecule has 0 heterocycles. The lowest BCUT2D eigenvalue weighted by Gasteiger charge is -2.63. The van der Waals surface area contributed by atoms with Crippen molar-refractivity contribution in [3.05, 3.63) is 62.6 Å². The second-order valence-electron chi connectivity index (χ2n) is 9.23. The summed E-state index contributed by atoms with van der Waals surface area (Å²) in [6.07, 6.45) is 1.24. The summed E-state index contributed by atoms with van der Waals surface area (Å²) in [6.45, 7) is 10.7. The van der Waals surface area contributed by atoms with E-state index in [4.69, 9.17) is 21.6 Å². The summed E-state index contributed by atoms with van der Waals surface area (Å²) < 4.78 is 7.32. The number of ketones is 1. The highest BCUT2D eigenvalue weighted by Crippen LogP contribution is 2.61. The number of benzene rings is 2. The minimum absolute atomic E-state index is 0.0673. The fraction of sp³-hybridized carbons (Fsp3) is 0.440. The first-order chi connectivity index (χ1) is 14.0. The van der Waals surface area contributed by atoms with Crippen molar-refractivity contribution in [1.29, 1.82) is 5.26 Å². The summed E-state index contributed by atoms with van der Waals surface area (Å²) >= 11 is 9.67. The van der Waals surface area contributed by atoms with Crippen LogP contribution < -0.4 is 4.74 Å². The van der Waals surface area contributed by atoms with Gasteiger partial charge in [0.1, 0.15) is 17.9 Å². The Morgan fingerprint density at radius 1 is 1.17 bits per heavy atom. The number of ether oxygens (including phenoxy) is 1. The Labute approximate surface area is 192 Å². The summed E-state index contributed by atoms with van der Waals surface area (Å²) in [5, 5.41) is 9.46. The fourth-order valence-electron chi connectivity index (χ4n) is 5.23. The van der Waals surface area contributed by atoms with Gasteiger partial charge < -0.3 is 4.74 Å². The number of Topliss-reactive ketones (excluding diaryl/α,β-unsaturated/α-hetero) is 1. The summed E-state index contributed by atoms with van der Waals surface area (Å²) in [7, 11) is 0. The van der Waals surface area contributed by atoms with Gasteiger partial charge in [0.05, 0.1) is 10.6 Å². The SMILES string of the molecule is CCc1cc(Br)ccc1C(=O)C[C@H]1C(C)(C)[C@H](Oc2ccc(C#N)c(Cl)c2)C1(C)C. The van der Waals surface area contributed by atoms with Crippen molar-refractivity contribution in [1.82, 2.24) is 0 Å². The zero-order valence-corrected chi connectivity index (χ0v) is 20.4. The number of nitriles is 1. The average Bonchev–Trinajstić information content (AvgIpc) is 2.69. The molecule has 0 N–H and O–H groups in total. The van der Waals surface area contributed by atoms with Gasteiger partial charge in [-0.1, -0.05) is 68.2 Å². The maximum Gasteiger partial charge on any atom is 0.163 e. The molecule has 0 aliphatic heterocycles. The number of rotatable bonds is 6. The van der Waals surface area contributed by atoms with Crippen molar-refractivity contribution in [3.63, 3.8) is 0 Å². The molecule has 1 aliphatic rings. The van der Waals surface area contributed by atoms with Gasteiger partial charge in [-0.15, -0.1) is 0 Å². The van der Waals surface area contributed by atoms with E-state index in [-0.39, 0.29) is 28.6 Å². The Hall–Kier alpha value is -1.83. The van der Waals surface area contributed by atoms with Crippen LogP contribution in [0, 0.1) is 28.1 Å². The summed E-state index contributed by atoms with van der Waals surface area (Å²) in [6, 6.07) is 13.1. The van der Waals surface area contributed by atoms with Gasteiger partial charge in [0.2, 0.25) is 0 Å². The molecule has 1 fully saturated rings. The quantitative estimate of drug-likeness (QED) is 0.403. The van der Waals surface area contributed by atoms with Crippen LogP contribution in [-0.2, 0) is 6.42 Å². The van der Waals surface area contributed by atoms with Gasteiger partial charge in [-0.3, -0.25) is 4.79 Å². The van der Waals surface area contributed by atoms with Crippen LogP contribution in [-0.4, -0.2) is 11.9 Å². The molecule has 0 unspecified atom stereocenters. The van der Waals surface area contributed by atoms with Gasteiger partial charge in [0.25, 0.3) is 0 Å². The van der Waals surface area contributed by atoms with E-state index in [2.05, 4.69) is 56.6 Å². The van der Waals surface area contributed by atoms with Gasteiger partial charge in [-0.2, -0.15) is 5.26 Å². The minimum atomic E-state index is -0.179. The minimum Gasteiger partial charge on any atom is -0.489 e. The van der Waals surface area contributed by atoms with E-state index in [1.807, 2.05) is 18.2 Å². The number of hydrogen-bond acceptors (Lipinski definition) is 3. The molecule has 0 radical (unpaired) electrons. The molecular weight excluding hydrogens is 462 g/mol. The van der Waals surface area contributed by atoms with Gasteiger partial charge >= 0.3 is 0 Å². The van der Waals surface area contributed by atoms with Crippen LogP contribution in [0.25, 0.3) is 0 Å². The van der Waals surface area contributed by atoms with Crippen molar-refractivity contribution in [2.75, 3.05) is 0 Å². The summed E-state index contributed by atoms with van der Waals surface area (Å²) in [4.78, 5) is 13.2. The number of hydrogen-bond donors (Lipinski definition) is 0. The number of halogens is 2. The second-order valence-corrected chi connectivity index (χ2v) is 10.6. The largest absolute Gasteiger partial charge is 0.489 e. The molecule has 0 saturated heterocycles. The second kappa shape index (κ2) is 8.36. The lowest BCUT2D eigenvalue weighted by molar-refractivity contribution is -0.196. The zero-order valence-electron chi connectivity index (χ0n) is 18.1. The van der Waals surface area contributed by atoms with Crippen LogP contribution >= 0.6 is 27.5 Å². The van der Waals surface area contributed by atoms with Gasteiger partial charge in [-0.05, 0) is 42.2 Å². The smallest absolute Gasteiger partial charge is 0.163 e. The Balaban J connectivity index is 1.79. The highest BCUT2D eigenvalue weighted by atomic mass is 79.9. The topological polar surface area (TPSA) is 50.1 Å². The normalized spacial score (nSPS) is 21.4. The predicted octanol–water partition coefficient (Wildman–Crippen LogP) is 7.24. The lowest BCUT2D eigenvalue weighted by Crippen LogP contribution is -2.66. The van der Waals surface area contributed by atoms with E-state index >= 15 is 0 Å². The van der Waals surface area contributed by atoms with E-state index in [0.29, 0.717) is 22.8 Å². The third kappa shape index (κ3) is 4.03. The lowest BCUT2D eigenvalue weighted by atomic mass is 9.44. The van der Waals surface area contributed by atoms with Gasteiger partial charge in [0, 0.05) is 33.4 Å². The maximum atomic E-state index is 13.2. The zero-order chi connectivity index (χ0) is 22.3. The number of carbonyl (C=O) groups is 1. The first kappa shape index (κ1) is 22.8. The van der Waals surface area contributed by atoms with Crippen molar-refractivity contribution in [3.8, 4) is 11.8 Å². The van der Waals surface area contributed by atoms with E-state index in [1.165, 1.54) is 0 Å². The van der Waals surface area contributed by atoms with Crippen molar-refractivity contribution in [2.45, 2.75) is 53.6 Å². The molecule has 0 atom stereocenters. The molecule has 1 aliphatic carbocycles. The molecule has 30 heavy (non-hydrogen) atoms. The Morgan fingerprint density at radius 3 is 2.40 bits per heavy atom. The molecule has 2 aromatic rings. The van der Waals surface area contributed by atoms with Crippen molar-refractivity contribution in [2.24, 2.45) is 16.7 Å². The van der Waals surface area contributed by atoms with E-state index in [9.17, 15) is 4.79 Å². The van der Waals surface area contributed by atoms with Crippen LogP contribution in [0.5, 0.6) is 5.75 Å². The molecule has 0 spiro atoms. The molecule has 2 aromatic carbocycles. The average molecular weight is 489 g/mol. The Bertz CT molecular complexity index is 1010. The first-order valence-corrected chi connectivity index (χ1v) is 11.4. The molecule has 3 rings (SSSR count). The highest BCUT2D eigenvalue weighted by molar-refractivity contribution is 9.10. The number of carbonyl (C=O) groups excluding carboxylic acids is 1. The molecule has 1 saturated carbocycles. The molecule has 158 valence electrons. The van der Waals surface area contributed by atoms with Crippen molar-refractivity contribution >= 4 is 33.3 Å². The third-order valence-electron chi connectivity index (χ3n) is 6.60. The molecule has 0 aromatic heterocycles. The van der Waals surface area contributed by atoms with Crippen LogP contribution in [0.3, 0.4) is 0 Å². The standard InChI is InChI=1S/C25H27BrClNO2/c1-6-15-11-17(26)8-10-19(15)21(29)13-22-24(2,3)23(25(22,4)5)30-18-9-7-16(14-28)20(27)12-18/h7-12,22-23H,6,13H2,1-5H3/t22-,23-. The van der Waals surface area contributed by atoms with Gasteiger partial charge in [-0.25, -0.2) is 0 Å². The Morgan fingerprint density at radius 2 is 1.83 bits per heavy atom. The summed E-state index contributed by atoms with van der Waals surface area (Å²) in [5.74, 6) is 1.02. The number of aryl methyl sites for hydroxylation is 1. The van der Waals surface area contributed by atoms with Crippen LogP contribution in [0.15, 0.2) is 40.9 Å². The third-order valence-corrected chi connectivity index (χ3v) is 7.41.